The second-order valence-electron chi connectivity index (χ2n) is 3.30. The maximum atomic E-state index is 9.60. The SMILES string of the molecule is Oc1cccc([C@@H]2COCCN2)c1O. The van der Waals surface area contributed by atoms with Crippen LogP contribution in [0.4, 0.5) is 0 Å². The molecule has 1 saturated heterocycles. The van der Waals surface area contributed by atoms with Gasteiger partial charge in [-0.1, -0.05) is 12.1 Å². The van der Waals surface area contributed by atoms with Crippen molar-refractivity contribution in [2.24, 2.45) is 0 Å². The highest BCUT2D eigenvalue weighted by atomic mass is 16.5. The van der Waals surface area contributed by atoms with Crippen molar-refractivity contribution in [3.63, 3.8) is 0 Å². The Morgan fingerprint density at radius 1 is 1.36 bits per heavy atom. The third-order valence-electron chi connectivity index (χ3n) is 2.34. The zero-order valence-corrected chi connectivity index (χ0v) is 7.73. The quantitative estimate of drug-likeness (QED) is 0.579. The molecule has 1 fully saturated rings. The van der Waals surface area contributed by atoms with E-state index in [1.807, 2.05) is 0 Å². The maximum Gasteiger partial charge on any atom is 0.162 e. The number of benzene rings is 1. The van der Waals surface area contributed by atoms with Gasteiger partial charge in [0.05, 0.1) is 19.3 Å². The van der Waals surface area contributed by atoms with Crippen LogP contribution in [0.25, 0.3) is 0 Å². The summed E-state index contributed by atoms with van der Waals surface area (Å²) in [6.07, 6.45) is 0. The zero-order chi connectivity index (χ0) is 9.97. The molecule has 76 valence electrons. The van der Waals surface area contributed by atoms with Gasteiger partial charge >= 0.3 is 0 Å². The highest BCUT2D eigenvalue weighted by Crippen LogP contribution is 2.33. The molecule has 14 heavy (non-hydrogen) atoms. The Morgan fingerprint density at radius 3 is 2.93 bits per heavy atom. The Bertz CT molecular complexity index is 321. The maximum absolute atomic E-state index is 9.60. The van der Waals surface area contributed by atoms with Crippen LogP contribution in [0.3, 0.4) is 0 Å². The Hall–Kier alpha value is -1.26. The molecule has 1 aliphatic heterocycles. The molecular formula is C10H13NO3. The van der Waals surface area contributed by atoms with Gasteiger partial charge in [-0.2, -0.15) is 0 Å². The van der Waals surface area contributed by atoms with E-state index in [1.165, 1.54) is 6.07 Å². The molecule has 2 rings (SSSR count). The molecule has 1 aromatic rings. The topological polar surface area (TPSA) is 61.7 Å². The Balaban J connectivity index is 2.26. The molecule has 1 aromatic carbocycles. The molecule has 1 aliphatic rings. The van der Waals surface area contributed by atoms with Gasteiger partial charge in [-0.05, 0) is 6.07 Å². The second-order valence-corrected chi connectivity index (χ2v) is 3.30. The van der Waals surface area contributed by atoms with Crippen LogP contribution in [0.5, 0.6) is 11.5 Å². The van der Waals surface area contributed by atoms with E-state index in [0.717, 1.165) is 6.54 Å². The number of nitrogens with one attached hydrogen (secondary N) is 1. The number of morpholine rings is 1. The zero-order valence-electron chi connectivity index (χ0n) is 7.73. The lowest BCUT2D eigenvalue weighted by Crippen LogP contribution is -2.34. The van der Waals surface area contributed by atoms with Gasteiger partial charge in [-0.25, -0.2) is 0 Å². The molecule has 0 unspecified atom stereocenters. The molecule has 1 heterocycles. The lowest BCUT2D eigenvalue weighted by molar-refractivity contribution is 0.0760. The number of phenols is 2. The molecule has 1 atom stereocenters. The first-order valence-electron chi connectivity index (χ1n) is 4.61. The van der Waals surface area contributed by atoms with Gasteiger partial charge in [-0.3, -0.25) is 0 Å². The Labute approximate surface area is 82.1 Å². The number of aromatic hydroxyl groups is 2. The standard InChI is InChI=1S/C10H13NO3/c12-9-3-1-2-7(10(9)13)8-6-14-5-4-11-8/h1-3,8,11-13H,4-6H2/t8-/m0/s1. The fourth-order valence-corrected chi connectivity index (χ4v) is 1.60. The number of rotatable bonds is 1. The lowest BCUT2D eigenvalue weighted by atomic mass is 10.1. The first-order valence-corrected chi connectivity index (χ1v) is 4.61. The van der Waals surface area contributed by atoms with Gasteiger partial charge in [0.2, 0.25) is 0 Å². The van der Waals surface area contributed by atoms with Crippen LogP contribution in [-0.2, 0) is 4.74 Å². The molecule has 3 N–H and O–H groups in total. The molecule has 0 aliphatic carbocycles. The van der Waals surface area contributed by atoms with Gasteiger partial charge < -0.3 is 20.3 Å². The fraction of sp³-hybridized carbons (Fsp3) is 0.400. The third kappa shape index (κ3) is 1.66. The van der Waals surface area contributed by atoms with Gasteiger partial charge in [-0.15, -0.1) is 0 Å². The van der Waals surface area contributed by atoms with Crippen LogP contribution in [0.2, 0.25) is 0 Å². The van der Waals surface area contributed by atoms with Crippen LogP contribution in [0, 0.1) is 0 Å². The smallest absolute Gasteiger partial charge is 0.162 e. The van der Waals surface area contributed by atoms with E-state index in [1.54, 1.807) is 12.1 Å². The van der Waals surface area contributed by atoms with E-state index in [2.05, 4.69) is 5.32 Å². The van der Waals surface area contributed by atoms with E-state index in [0.29, 0.717) is 18.8 Å². The normalized spacial score (nSPS) is 22.1. The fourth-order valence-electron chi connectivity index (χ4n) is 1.60. The minimum atomic E-state index is -0.0881. The molecule has 4 heteroatoms. The van der Waals surface area contributed by atoms with Gasteiger partial charge in [0.1, 0.15) is 0 Å². The van der Waals surface area contributed by atoms with Crippen LogP contribution in [0.15, 0.2) is 18.2 Å². The predicted octanol–water partition coefficient (Wildman–Crippen LogP) is 0.759. The van der Waals surface area contributed by atoms with E-state index in [-0.39, 0.29) is 17.5 Å². The van der Waals surface area contributed by atoms with Crippen molar-refractivity contribution in [1.82, 2.24) is 5.32 Å². The summed E-state index contributed by atoms with van der Waals surface area (Å²) in [6.45, 7) is 1.98. The molecule has 0 saturated carbocycles. The average molecular weight is 195 g/mol. The number of phenolic OH excluding ortho intramolecular Hbond substituents is 2. The van der Waals surface area contributed by atoms with Crippen molar-refractivity contribution in [2.45, 2.75) is 6.04 Å². The van der Waals surface area contributed by atoms with Crippen molar-refractivity contribution in [1.29, 1.82) is 0 Å². The van der Waals surface area contributed by atoms with Crippen LogP contribution < -0.4 is 5.32 Å². The summed E-state index contributed by atoms with van der Waals surface area (Å²) in [5.41, 5.74) is 0.685. The minimum Gasteiger partial charge on any atom is -0.504 e. The highest BCUT2D eigenvalue weighted by molar-refractivity contribution is 5.46. The van der Waals surface area contributed by atoms with Crippen molar-refractivity contribution in [3.8, 4) is 11.5 Å². The van der Waals surface area contributed by atoms with Gasteiger partial charge in [0.25, 0.3) is 0 Å². The van der Waals surface area contributed by atoms with Crippen molar-refractivity contribution in [2.75, 3.05) is 19.8 Å². The Kier molecular flexibility index (Phi) is 2.56. The molecule has 0 aromatic heterocycles. The summed E-state index contributed by atoms with van der Waals surface area (Å²) in [5, 5.41) is 22.1. The minimum absolute atomic E-state index is 0.0316. The van der Waals surface area contributed by atoms with E-state index in [4.69, 9.17) is 4.74 Å². The molecule has 0 radical (unpaired) electrons. The van der Waals surface area contributed by atoms with Crippen LogP contribution in [-0.4, -0.2) is 30.0 Å². The average Bonchev–Trinajstić information content (AvgIpc) is 2.23. The number of para-hydroxylation sites is 1. The summed E-state index contributed by atoms with van der Waals surface area (Å²) in [7, 11) is 0. The monoisotopic (exact) mass is 195 g/mol. The summed E-state index contributed by atoms with van der Waals surface area (Å²) in [6, 6.07) is 4.92. The van der Waals surface area contributed by atoms with E-state index in [9.17, 15) is 10.2 Å². The van der Waals surface area contributed by atoms with Crippen molar-refractivity contribution < 1.29 is 14.9 Å². The third-order valence-corrected chi connectivity index (χ3v) is 2.34. The van der Waals surface area contributed by atoms with Crippen molar-refractivity contribution >= 4 is 0 Å². The summed E-state index contributed by atoms with van der Waals surface area (Å²) < 4.78 is 5.28. The van der Waals surface area contributed by atoms with Crippen LogP contribution >= 0.6 is 0 Å². The molecule has 0 bridgehead atoms. The second kappa shape index (κ2) is 3.86. The number of hydrogen-bond donors (Lipinski definition) is 3. The highest BCUT2D eigenvalue weighted by Gasteiger charge is 2.19. The van der Waals surface area contributed by atoms with Gasteiger partial charge in [0, 0.05) is 12.1 Å². The molecular weight excluding hydrogens is 182 g/mol. The first-order chi connectivity index (χ1) is 6.79. The van der Waals surface area contributed by atoms with Gasteiger partial charge in [0.15, 0.2) is 11.5 Å². The molecule has 0 spiro atoms. The largest absolute Gasteiger partial charge is 0.504 e. The lowest BCUT2D eigenvalue weighted by Gasteiger charge is -2.24. The number of hydrogen-bond acceptors (Lipinski definition) is 4. The Morgan fingerprint density at radius 2 is 2.21 bits per heavy atom. The van der Waals surface area contributed by atoms with E-state index < -0.39 is 0 Å². The molecule has 4 nitrogen and oxygen atoms in total. The number of ether oxygens (including phenoxy) is 1. The predicted molar refractivity (Wildman–Crippen MR) is 51.3 cm³/mol. The van der Waals surface area contributed by atoms with Crippen molar-refractivity contribution in [3.05, 3.63) is 23.8 Å². The van der Waals surface area contributed by atoms with Crippen LogP contribution in [0.1, 0.15) is 11.6 Å². The summed E-state index contributed by atoms with van der Waals surface area (Å²) >= 11 is 0. The van der Waals surface area contributed by atoms with E-state index >= 15 is 0 Å². The summed E-state index contributed by atoms with van der Waals surface area (Å²) in [5.74, 6) is -0.148. The summed E-state index contributed by atoms with van der Waals surface area (Å²) in [4.78, 5) is 0. The first kappa shape index (κ1) is 9.30. The molecule has 0 amide bonds.